The van der Waals surface area contributed by atoms with E-state index in [1.165, 1.54) is 16.9 Å². The predicted octanol–water partition coefficient (Wildman–Crippen LogP) is 4.36. The van der Waals surface area contributed by atoms with Crippen LogP contribution in [0.3, 0.4) is 0 Å². The van der Waals surface area contributed by atoms with Crippen LogP contribution in [0.25, 0.3) is 10.6 Å². The third kappa shape index (κ3) is 5.20. The Balaban J connectivity index is 1.55. The summed E-state index contributed by atoms with van der Waals surface area (Å²) >= 11 is 1.37. The van der Waals surface area contributed by atoms with Crippen LogP contribution in [0.1, 0.15) is 44.9 Å². The number of aryl methyl sites for hydroxylation is 3. The Morgan fingerprint density at radius 1 is 1.10 bits per heavy atom. The first-order valence-corrected chi connectivity index (χ1v) is 11.4. The molecule has 1 unspecified atom stereocenters. The maximum atomic E-state index is 13.1. The summed E-state index contributed by atoms with van der Waals surface area (Å²) in [6.45, 7) is 5.95. The molecule has 1 aromatic heterocycles. The lowest BCUT2D eigenvalue weighted by molar-refractivity contribution is -0.123. The second-order valence-electron chi connectivity index (χ2n) is 8.25. The minimum Gasteiger partial charge on any atom is -0.352 e. The van der Waals surface area contributed by atoms with Crippen molar-refractivity contribution in [2.75, 3.05) is 0 Å². The molecule has 1 aliphatic rings. The molecule has 1 aliphatic carbocycles. The van der Waals surface area contributed by atoms with Gasteiger partial charge in [0.2, 0.25) is 5.91 Å². The maximum absolute atomic E-state index is 13.1. The fourth-order valence-electron chi connectivity index (χ4n) is 3.59. The molecule has 31 heavy (non-hydrogen) atoms. The topological polar surface area (TPSA) is 71.1 Å². The van der Waals surface area contributed by atoms with E-state index in [0.717, 1.165) is 34.5 Å². The number of carbonyl (C=O) groups excluding carboxylic acids is 2. The van der Waals surface area contributed by atoms with Crippen molar-refractivity contribution in [1.29, 1.82) is 0 Å². The van der Waals surface area contributed by atoms with Crippen LogP contribution in [0.2, 0.25) is 0 Å². The molecule has 1 atom stereocenters. The van der Waals surface area contributed by atoms with Gasteiger partial charge in [0.1, 0.15) is 15.9 Å². The highest BCUT2D eigenvalue weighted by Gasteiger charge is 2.29. The Morgan fingerprint density at radius 3 is 2.52 bits per heavy atom. The monoisotopic (exact) mass is 433 g/mol. The second kappa shape index (κ2) is 9.02. The van der Waals surface area contributed by atoms with Gasteiger partial charge in [0, 0.05) is 18.0 Å². The molecule has 6 heteroatoms. The first kappa shape index (κ1) is 21.2. The summed E-state index contributed by atoms with van der Waals surface area (Å²) in [4.78, 5) is 31.1. The number of benzene rings is 2. The number of nitrogens with zero attached hydrogens (tertiary/aromatic N) is 1. The van der Waals surface area contributed by atoms with Crippen molar-refractivity contribution in [2.45, 2.75) is 52.1 Å². The zero-order chi connectivity index (χ0) is 22.0. The van der Waals surface area contributed by atoms with E-state index in [-0.39, 0.29) is 17.9 Å². The molecule has 4 rings (SSSR count). The van der Waals surface area contributed by atoms with E-state index in [9.17, 15) is 9.59 Å². The van der Waals surface area contributed by atoms with E-state index < -0.39 is 6.04 Å². The van der Waals surface area contributed by atoms with Crippen LogP contribution in [0.4, 0.5) is 0 Å². The van der Waals surface area contributed by atoms with Gasteiger partial charge in [-0.3, -0.25) is 9.59 Å². The first-order valence-electron chi connectivity index (χ1n) is 10.6. The largest absolute Gasteiger partial charge is 0.352 e. The molecule has 0 spiro atoms. The highest BCUT2D eigenvalue weighted by molar-refractivity contribution is 7.17. The number of thiazole rings is 1. The molecule has 1 saturated carbocycles. The van der Waals surface area contributed by atoms with E-state index >= 15 is 0 Å². The summed E-state index contributed by atoms with van der Waals surface area (Å²) < 4.78 is 0. The average Bonchev–Trinajstić information content (AvgIpc) is 3.47. The molecule has 0 aliphatic heterocycles. The highest BCUT2D eigenvalue weighted by Crippen LogP contribution is 2.30. The lowest BCUT2D eigenvalue weighted by Crippen LogP contribution is -2.48. The van der Waals surface area contributed by atoms with Crippen LogP contribution in [0.15, 0.2) is 48.5 Å². The molecule has 2 amide bonds. The predicted molar refractivity (Wildman–Crippen MR) is 124 cm³/mol. The van der Waals surface area contributed by atoms with Crippen molar-refractivity contribution in [3.05, 3.63) is 75.8 Å². The van der Waals surface area contributed by atoms with Gasteiger partial charge >= 0.3 is 0 Å². The molecule has 2 N–H and O–H groups in total. The van der Waals surface area contributed by atoms with Crippen LogP contribution in [0.5, 0.6) is 0 Å². The number of rotatable bonds is 7. The van der Waals surface area contributed by atoms with E-state index in [1.807, 2.05) is 43.3 Å². The lowest BCUT2D eigenvalue weighted by atomic mass is 10.0. The molecule has 1 fully saturated rings. The van der Waals surface area contributed by atoms with Gasteiger partial charge in [-0.15, -0.1) is 11.3 Å². The number of amides is 2. The number of carbonyl (C=O) groups is 2. The minimum atomic E-state index is -0.624. The smallest absolute Gasteiger partial charge is 0.263 e. The fraction of sp³-hybridized carbons (Fsp3) is 0.320. The van der Waals surface area contributed by atoms with Crippen molar-refractivity contribution in [3.8, 4) is 10.6 Å². The molecule has 5 nitrogen and oxygen atoms in total. The Kier molecular flexibility index (Phi) is 6.18. The van der Waals surface area contributed by atoms with Gasteiger partial charge in [-0.05, 0) is 44.7 Å². The number of hydrogen-bond acceptors (Lipinski definition) is 4. The molecule has 0 saturated heterocycles. The highest BCUT2D eigenvalue weighted by atomic mass is 32.1. The van der Waals surface area contributed by atoms with E-state index in [2.05, 4.69) is 41.6 Å². The van der Waals surface area contributed by atoms with Crippen LogP contribution in [-0.4, -0.2) is 28.9 Å². The summed E-state index contributed by atoms with van der Waals surface area (Å²) in [6, 6.07) is 15.6. The SMILES string of the molecule is Cc1ccc(-c2nc(C)c(C(=O)NC(Cc3ccccc3)C(=O)NC3CC3)s2)c(C)c1. The van der Waals surface area contributed by atoms with Gasteiger partial charge in [0.15, 0.2) is 0 Å². The minimum absolute atomic E-state index is 0.128. The van der Waals surface area contributed by atoms with E-state index in [4.69, 9.17) is 0 Å². The van der Waals surface area contributed by atoms with Crippen molar-refractivity contribution in [1.82, 2.24) is 15.6 Å². The molecule has 1 heterocycles. The van der Waals surface area contributed by atoms with Crippen molar-refractivity contribution < 1.29 is 9.59 Å². The molecule has 160 valence electrons. The van der Waals surface area contributed by atoms with Gasteiger partial charge in [-0.1, -0.05) is 54.1 Å². The van der Waals surface area contributed by atoms with E-state index in [0.29, 0.717) is 17.0 Å². The standard InChI is InChI=1S/C25H27N3O2S/c1-15-9-12-20(16(2)13-15)25-26-17(3)22(31-25)24(30)28-21(23(29)27-19-10-11-19)14-18-7-5-4-6-8-18/h4-9,12-13,19,21H,10-11,14H2,1-3H3,(H,27,29)(H,28,30). The summed E-state index contributed by atoms with van der Waals surface area (Å²) in [7, 11) is 0. The zero-order valence-electron chi connectivity index (χ0n) is 18.1. The molecule has 0 bridgehead atoms. The Labute approximate surface area is 186 Å². The van der Waals surface area contributed by atoms with Gasteiger partial charge in [0.25, 0.3) is 5.91 Å². The summed E-state index contributed by atoms with van der Waals surface area (Å²) in [5, 5.41) is 6.81. The van der Waals surface area contributed by atoms with Gasteiger partial charge < -0.3 is 10.6 Å². The number of nitrogens with one attached hydrogen (secondary N) is 2. The Morgan fingerprint density at radius 2 is 1.84 bits per heavy atom. The first-order chi connectivity index (χ1) is 14.9. The van der Waals surface area contributed by atoms with Crippen molar-refractivity contribution in [2.24, 2.45) is 0 Å². The third-order valence-electron chi connectivity index (χ3n) is 5.44. The second-order valence-corrected chi connectivity index (χ2v) is 9.25. The zero-order valence-corrected chi connectivity index (χ0v) is 18.9. The molecule has 0 radical (unpaired) electrons. The average molecular weight is 434 g/mol. The molecule has 3 aromatic rings. The third-order valence-corrected chi connectivity index (χ3v) is 6.63. The maximum Gasteiger partial charge on any atom is 0.263 e. The summed E-state index contributed by atoms with van der Waals surface area (Å²) in [6.07, 6.45) is 2.46. The summed E-state index contributed by atoms with van der Waals surface area (Å²) in [5.74, 6) is -0.380. The van der Waals surface area contributed by atoms with E-state index in [1.54, 1.807) is 0 Å². The molecule has 2 aromatic carbocycles. The fourth-order valence-corrected chi connectivity index (χ4v) is 4.65. The molecular formula is C25H27N3O2S. The van der Waals surface area contributed by atoms with Crippen LogP contribution in [-0.2, 0) is 11.2 Å². The van der Waals surface area contributed by atoms with Gasteiger partial charge in [0.05, 0.1) is 5.69 Å². The molecular weight excluding hydrogens is 406 g/mol. The Bertz CT molecular complexity index is 1100. The number of aromatic nitrogens is 1. The van der Waals surface area contributed by atoms with Crippen molar-refractivity contribution in [3.63, 3.8) is 0 Å². The normalized spacial score (nSPS) is 14.2. The number of hydrogen-bond donors (Lipinski definition) is 2. The van der Waals surface area contributed by atoms with Gasteiger partial charge in [-0.2, -0.15) is 0 Å². The van der Waals surface area contributed by atoms with Crippen LogP contribution in [0, 0.1) is 20.8 Å². The lowest BCUT2D eigenvalue weighted by Gasteiger charge is -2.18. The quantitative estimate of drug-likeness (QED) is 0.582. The summed E-state index contributed by atoms with van der Waals surface area (Å²) in [5.41, 5.74) is 5.05. The Hall–Kier alpha value is -2.99. The van der Waals surface area contributed by atoms with Crippen molar-refractivity contribution >= 4 is 23.2 Å². The van der Waals surface area contributed by atoms with Gasteiger partial charge in [-0.25, -0.2) is 4.98 Å². The van der Waals surface area contributed by atoms with Crippen LogP contribution < -0.4 is 10.6 Å². The van der Waals surface area contributed by atoms with Crippen LogP contribution >= 0.6 is 11.3 Å².